The van der Waals surface area contributed by atoms with Crippen LogP contribution < -0.4 is 14.8 Å². The van der Waals surface area contributed by atoms with Crippen LogP contribution in [0.25, 0.3) is 0 Å². The molecule has 0 radical (unpaired) electrons. The van der Waals surface area contributed by atoms with Gasteiger partial charge < -0.3 is 19.4 Å². The molecule has 1 N–H and O–H groups in total. The van der Waals surface area contributed by atoms with Crippen molar-refractivity contribution in [3.63, 3.8) is 0 Å². The number of benzene rings is 1. The number of nitrogens with one attached hydrogen (secondary N) is 1. The summed E-state index contributed by atoms with van der Waals surface area (Å²) in [6.45, 7) is 4.69. The fourth-order valence-corrected chi connectivity index (χ4v) is 4.23. The molecule has 7 nitrogen and oxygen atoms in total. The monoisotopic (exact) mass is 404 g/mol. The Morgan fingerprint density at radius 3 is 2.79 bits per heavy atom. The Morgan fingerprint density at radius 1 is 1.32 bits per heavy atom. The highest BCUT2D eigenvalue weighted by atomic mass is 32.2. The molecule has 1 amide bonds. The predicted octanol–water partition coefficient (Wildman–Crippen LogP) is 3.60. The molecule has 1 aliphatic rings. The van der Waals surface area contributed by atoms with Gasteiger partial charge in [0.25, 0.3) is 0 Å². The van der Waals surface area contributed by atoms with Crippen molar-refractivity contribution in [2.75, 3.05) is 12.9 Å². The lowest BCUT2D eigenvalue weighted by molar-refractivity contribution is -0.119. The predicted molar refractivity (Wildman–Crippen MR) is 109 cm³/mol. The molecule has 1 aliphatic carbocycles. The molecule has 1 fully saturated rings. The molecule has 0 aliphatic heterocycles. The number of carbonyl (C=O) groups is 1. The number of aromatic nitrogens is 3. The molecule has 1 aromatic heterocycles. The minimum absolute atomic E-state index is 0.0600. The first-order valence-corrected chi connectivity index (χ1v) is 10.7. The second-order valence-electron chi connectivity index (χ2n) is 6.86. The summed E-state index contributed by atoms with van der Waals surface area (Å²) >= 11 is 1.42. The summed E-state index contributed by atoms with van der Waals surface area (Å²) in [6.07, 6.45) is 4.31. The van der Waals surface area contributed by atoms with Crippen LogP contribution in [0.1, 0.15) is 51.5 Å². The third-order valence-electron chi connectivity index (χ3n) is 4.83. The van der Waals surface area contributed by atoms with Gasteiger partial charge in [0.05, 0.1) is 12.9 Å². The lowest BCUT2D eigenvalue weighted by Gasteiger charge is -2.16. The summed E-state index contributed by atoms with van der Waals surface area (Å²) in [7, 11) is 1.63. The topological polar surface area (TPSA) is 78.3 Å². The third-order valence-corrected chi connectivity index (χ3v) is 5.80. The molecule has 28 heavy (non-hydrogen) atoms. The molecule has 1 saturated carbocycles. The van der Waals surface area contributed by atoms with Gasteiger partial charge in [0, 0.05) is 18.7 Å². The summed E-state index contributed by atoms with van der Waals surface area (Å²) < 4.78 is 13.3. The molecular formula is C20H28N4O3S. The van der Waals surface area contributed by atoms with Crippen molar-refractivity contribution >= 4 is 17.7 Å². The second-order valence-corrected chi connectivity index (χ2v) is 7.80. The van der Waals surface area contributed by atoms with Crippen molar-refractivity contribution in [3.05, 3.63) is 30.1 Å². The van der Waals surface area contributed by atoms with Crippen molar-refractivity contribution in [3.8, 4) is 11.5 Å². The highest BCUT2D eigenvalue weighted by Crippen LogP contribution is 2.27. The van der Waals surface area contributed by atoms with E-state index >= 15 is 0 Å². The standard InChI is InChI=1S/C20H28N4O3S/c1-4-24-19(14(2)27-17-11-7-10-16(12-17)26-3)22-23-20(24)28-13-18(25)21-15-8-5-6-9-15/h7,10-12,14-15H,4-6,8-9,13H2,1-3H3,(H,21,25). The van der Waals surface area contributed by atoms with Gasteiger partial charge in [-0.2, -0.15) is 0 Å². The number of carbonyl (C=O) groups excluding carboxylic acids is 1. The maximum Gasteiger partial charge on any atom is 0.230 e. The number of hydrogen-bond acceptors (Lipinski definition) is 6. The summed E-state index contributed by atoms with van der Waals surface area (Å²) in [6, 6.07) is 7.82. The van der Waals surface area contributed by atoms with Crippen LogP contribution in [0.2, 0.25) is 0 Å². The molecule has 2 aromatic rings. The van der Waals surface area contributed by atoms with Crippen LogP contribution in [0.5, 0.6) is 11.5 Å². The van der Waals surface area contributed by atoms with Crippen molar-refractivity contribution in [2.45, 2.75) is 63.4 Å². The van der Waals surface area contributed by atoms with E-state index in [0.29, 0.717) is 24.1 Å². The lowest BCUT2D eigenvalue weighted by Crippen LogP contribution is -2.33. The van der Waals surface area contributed by atoms with E-state index in [0.717, 1.165) is 29.6 Å². The zero-order valence-electron chi connectivity index (χ0n) is 16.7. The molecule has 3 rings (SSSR count). The maximum atomic E-state index is 12.2. The normalized spacial score (nSPS) is 15.4. The van der Waals surface area contributed by atoms with Crippen molar-refractivity contribution < 1.29 is 14.3 Å². The Morgan fingerprint density at radius 2 is 2.07 bits per heavy atom. The van der Waals surface area contributed by atoms with Gasteiger partial charge >= 0.3 is 0 Å². The molecular weight excluding hydrogens is 376 g/mol. The van der Waals surface area contributed by atoms with E-state index in [4.69, 9.17) is 9.47 Å². The average Bonchev–Trinajstić information content (AvgIpc) is 3.35. The number of hydrogen-bond donors (Lipinski definition) is 1. The molecule has 152 valence electrons. The van der Waals surface area contributed by atoms with E-state index in [1.54, 1.807) is 7.11 Å². The number of nitrogens with zero attached hydrogens (tertiary/aromatic N) is 3. The van der Waals surface area contributed by atoms with E-state index < -0.39 is 0 Å². The zero-order chi connectivity index (χ0) is 19.9. The first kappa shape index (κ1) is 20.5. The van der Waals surface area contributed by atoms with Gasteiger partial charge in [0.2, 0.25) is 5.91 Å². The maximum absolute atomic E-state index is 12.2. The van der Waals surface area contributed by atoms with Gasteiger partial charge in [-0.25, -0.2) is 0 Å². The molecule has 1 unspecified atom stereocenters. The first-order chi connectivity index (χ1) is 13.6. The fraction of sp³-hybridized carbons (Fsp3) is 0.550. The van der Waals surface area contributed by atoms with Crippen molar-refractivity contribution in [1.82, 2.24) is 20.1 Å². The summed E-state index contributed by atoms with van der Waals surface area (Å²) in [5.74, 6) is 2.60. The largest absolute Gasteiger partial charge is 0.497 e. The van der Waals surface area contributed by atoms with Crippen LogP contribution in [0.4, 0.5) is 0 Å². The summed E-state index contributed by atoms with van der Waals surface area (Å²) in [4.78, 5) is 12.2. The van der Waals surface area contributed by atoms with Gasteiger partial charge in [0.1, 0.15) is 11.5 Å². The van der Waals surface area contributed by atoms with Crippen LogP contribution in [-0.2, 0) is 11.3 Å². The SMILES string of the molecule is CCn1c(SCC(=O)NC2CCCC2)nnc1C(C)Oc1cccc(OC)c1. The van der Waals surface area contributed by atoms with Gasteiger partial charge in [-0.15, -0.1) is 10.2 Å². The number of ether oxygens (including phenoxy) is 2. The smallest absolute Gasteiger partial charge is 0.230 e. The minimum Gasteiger partial charge on any atom is -0.497 e. The van der Waals surface area contributed by atoms with E-state index in [1.165, 1.54) is 24.6 Å². The van der Waals surface area contributed by atoms with Gasteiger partial charge in [-0.05, 0) is 38.8 Å². The summed E-state index contributed by atoms with van der Waals surface area (Å²) in [5.41, 5.74) is 0. The Kier molecular flexibility index (Phi) is 7.19. The Balaban J connectivity index is 1.61. The summed E-state index contributed by atoms with van der Waals surface area (Å²) in [5, 5.41) is 12.4. The molecule has 0 bridgehead atoms. The van der Waals surface area contributed by atoms with Gasteiger partial charge in [-0.1, -0.05) is 30.7 Å². The third kappa shape index (κ3) is 5.19. The number of amides is 1. The fourth-order valence-electron chi connectivity index (χ4n) is 3.41. The van der Waals surface area contributed by atoms with Crippen LogP contribution in [0, 0.1) is 0 Å². The van der Waals surface area contributed by atoms with E-state index in [9.17, 15) is 4.79 Å². The highest BCUT2D eigenvalue weighted by Gasteiger charge is 2.21. The first-order valence-electron chi connectivity index (χ1n) is 9.76. The average molecular weight is 405 g/mol. The van der Waals surface area contributed by atoms with Crippen molar-refractivity contribution in [2.24, 2.45) is 0 Å². The van der Waals surface area contributed by atoms with Crippen LogP contribution >= 0.6 is 11.8 Å². The second kappa shape index (κ2) is 9.82. The molecule has 1 heterocycles. The Labute approximate surface area is 170 Å². The number of methoxy groups -OCH3 is 1. The van der Waals surface area contributed by atoms with Crippen LogP contribution in [0.15, 0.2) is 29.4 Å². The van der Waals surface area contributed by atoms with Crippen LogP contribution in [0.3, 0.4) is 0 Å². The highest BCUT2D eigenvalue weighted by molar-refractivity contribution is 7.99. The van der Waals surface area contributed by atoms with Crippen LogP contribution in [-0.4, -0.2) is 39.6 Å². The Bertz CT molecular complexity index is 790. The minimum atomic E-state index is -0.277. The number of rotatable bonds is 9. The van der Waals surface area contributed by atoms with E-state index in [2.05, 4.69) is 15.5 Å². The Hall–Kier alpha value is -2.22. The van der Waals surface area contributed by atoms with E-state index in [1.807, 2.05) is 42.7 Å². The molecule has 0 spiro atoms. The number of thioether (sulfide) groups is 1. The quantitative estimate of drug-likeness (QED) is 0.644. The molecule has 1 aromatic carbocycles. The molecule has 1 atom stereocenters. The van der Waals surface area contributed by atoms with Crippen molar-refractivity contribution in [1.29, 1.82) is 0 Å². The van der Waals surface area contributed by atoms with E-state index in [-0.39, 0.29) is 12.0 Å². The zero-order valence-corrected chi connectivity index (χ0v) is 17.5. The lowest BCUT2D eigenvalue weighted by atomic mass is 10.2. The van der Waals surface area contributed by atoms with Gasteiger partial charge in [-0.3, -0.25) is 4.79 Å². The van der Waals surface area contributed by atoms with Gasteiger partial charge in [0.15, 0.2) is 17.1 Å². The molecule has 8 heteroatoms. The molecule has 0 saturated heterocycles.